The molecule has 0 aliphatic carbocycles. The first-order valence-electron chi connectivity index (χ1n) is 18.5. The van der Waals surface area contributed by atoms with Crippen molar-refractivity contribution in [3.05, 3.63) is 0 Å². The summed E-state index contributed by atoms with van der Waals surface area (Å²) in [4.78, 5) is 109. The Morgan fingerprint density at radius 1 is 0.559 bits per heavy atom. The molecule has 0 heterocycles. The van der Waals surface area contributed by atoms with Gasteiger partial charge in [-0.2, -0.15) is 23.5 Å². The predicted octanol–water partition coefficient (Wildman–Crippen LogP) is -2.99. The number of thioether (sulfide) groups is 2. The molecule has 2 atom stereocenters. The lowest BCUT2D eigenvalue weighted by Gasteiger charge is -2.28. The zero-order chi connectivity index (χ0) is 44.3. The van der Waals surface area contributed by atoms with E-state index in [1.54, 1.807) is 12.5 Å². The van der Waals surface area contributed by atoms with Crippen molar-refractivity contribution >= 4 is 88.4 Å². The molecule has 0 bridgehead atoms. The number of nitrogens with one attached hydrogen (secondary N) is 6. The van der Waals surface area contributed by atoms with Crippen LogP contribution < -0.4 is 31.9 Å². The highest BCUT2D eigenvalue weighted by molar-refractivity contribution is 7.99. The van der Waals surface area contributed by atoms with Crippen LogP contribution in [-0.4, -0.2) is 203 Å². The van der Waals surface area contributed by atoms with Crippen molar-refractivity contribution in [2.24, 2.45) is 0 Å². The van der Waals surface area contributed by atoms with Crippen LogP contribution in [0.1, 0.15) is 25.7 Å². The lowest BCUT2D eigenvalue weighted by molar-refractivity contribution is -0.143. The van der Waals surface area contributed by atoms with Gasteiger partial charge in [-0.25, -0.2) is 4.79 Å². The summed E-state index contributed by atoms with van der Waals surface area (Å²) in [6, 6.07) is -2.56. The van der Waals surface area contributed by atoms with E-state index < -0.39 is 67.3 Å². The number of hydrogen-bond acceptors (Lipinski definition) is 15. The molecule has 0 saturated carbocycles. The second-order valence-electron chi connectivity index (χ2n) is 12.1. The molecule has 0 aromatic heterocycles. The number of carbonyl (C=O) groups is 9. The minimum Gasteiger partial charge on any atom is -0.481 e. The van der Waals surface area contributed by atoms with E-state index in [1.807, 2.05) is 0 Å². The van der Waals surface area contributed by atoms with Gasteiger partial charge < -0.3 is 66.0 Å². The van der Waals surface area contributed by atoms with Gasteiger partial charge in [-0.15, -0.1) is 11.6 Å². The molecule has 0 rings (SSSR count). The van der Waals surface area contributed by atoms with E-state index in [4.69, 9.17) is 30.5 Å². The number of hydrogen-bond donors (Lipinski definition) is 8. The van der Waals surface area contributed by atoms with Gasteiger partial charge in [0.2, 0.25) is 41.4 Å². The van der Waals surface area contributed by atoms with E-state index in [0.29, 0.717) is 0 Å². The summed E-state index contributed by atoms with van der Waals surface area (Å²) in [5.74, 6) is -5.51. The van der Waals surface area contributed by atoms with E-state index in [9.17, 15) is 53.4 Å². The number of alkyl halides is 1. The van der Waals surface area contributed by atoms with Crippen LogP contribution in [0.4, 0.5) is 0 Å². The molecule has 22 nitrogen and oxygen atoms in total. The summed E-state index contributed by atoms with van der Waals surface area (Å²) in [6.45, 7) is 0.133. The smallest absolute Gasteiger partial charge is 0.326 e. The van der Waals surface area contributed by atoms with E-state index in [-0.39, 0.29) is 133 Å². The van der Waals surface area contributed by atoms with Crippen molar-refractivity contribution in [1.82, 2.24) is 36.8 Å². The average molecular weight is 904 g/mol. The number of rotatable bonds is 37. The number of ether oxygens (including phenoxy) is 4. The number of carboxylic acid groups (broad SMARTS) is 2. The SMILES string of the molecule is CSCC(=O)NCCN(CCNC(=O)CSC)C(=O)[C@H](CCC(=O)O)NC(=O)COCCOCCNC(=O)CCC(NC(=O)COCCOCCNC(=O)CCl)C(=O)O. The normalized spacial score (nSPS) is 11.7. The first kappa shape index (κ1) is 55.1. The third-order valence-corrected chi connectivity index (χ3v) is 8.66. The lowest BCUT2D eigenvalue weighted by atomic mass is 10.1. The summed E-state index contributed by atoms with van der Waals surface area (Å²) in [5, 5.41) is 33.9. The largest absolute Gasteiger partial charge is 0.481 e. The Hall–Kier alpha value is -3.94. The molecule has 338 valence electrons. The summed E-state index contributed by atoms with van der Waals surface area (Å²) in [5.41, 5.74) is 0. The fraction of sp³-hybridized carbons (Fsp3) is 0.735. The number of nitrogens with zero attached hydrogens (tertiary/aromatic N) is 1. The van der Waals surface area contributed by atoms with Gasteiger partial charge >= 0.3 is 11.9 Å². The van der Waals surface area contributed by atoms with E-state index >= 15 is 0 Å². The van der Waals surface area contributed by atoms with Gasteiger partial charge in [-0.3, -0.25) is 38.4 Å². The van der Waals surface area contributed by atoms with E-state index in [2.05, 4.69) is 31.9 Å². The topological polar surface area (TPSA) is 306 Å². The summed E-state index contributed by atoms with van der Waals surface area (Å²) >= 11 is 8.00. The first-order chi connectivity index (χ1) is 28.2. The predicted molar refractivity (Wildman–Crippen MR) is 217 cm³/mol. The molecule has 25 heteroatoms. The zero-order valence-corrected chi connectivity index (χ0v) is 35.7. The summed E-state index contributed by atoms with van der Waals surface area (Å²) in [6.07, 6.45) is 2.49. The molecule has 0 radical (unpaired) electrons. The highest BCUT2D eigenvalue weighted by Crippen LogP contribution is 2.05. The average Bonchev–Trinajstić information content (AvgIpc) is 3.18. The number of aliphatic carboxylic acids is 2. The third-order valence-electron chi connectivity index (χ3n) is 7.31. The fourth-order valence-corrected chi connectivity index (χ4v) is 5.36. The highest BCUT2D eigenvalue weighted by Gasteiger charge is 2.27. The molecule has 59 heavy (non-hydrogen) atoms. The van der Waals surface area contributed by atoms with Crippen LogP contribution in [0, 0.1) is 0 Å². The Morgan fingerprint density at radius 3 is 1.46 bits per heavy atom. The molecule has 8 N–H and O–H groups in total. The zero-order valence-electron chi connectivity index (χ0n) is 33.3. The van der Waals surface area contributed by atoms with Gasteiger partial charge in [0.25, 0.3) is 0 Å². The van der Waals surface area contributed by atoms with Gasteiger partial charge in [0.15, 0.2) is 0 Å². The lowest BCUT2D eigenvalue weighted by Crippen LogP contribution is -2.52. The minimum absolute atomic E-state index is 0.0247. The van der Waals surface area contributed by atoms with Gasteiger partial charge in [-0.05, 0) is 25.4 Å². The number of carboxylic acids is 2. The molecule has 1 unspecified atom stereocenters. The third kappa shape index (κ3) is 31.6. The maximum absolute atomic E-state index is 13.5. The molecular formula is C34H58ClN7O15S2. The van der Waals surface area contributed by atoms with Gasteiger partial charge in [0.1, 0.15) is 31.2 Å². The molecule has 0 aliphatic rings. The number of amides is 7. The van der Waals surface area contributed by atoms with Crippen molar-refractivity contribution < 1.29 is 72.3 Å². The fourth-order valence-electron chi connectivity index (χ4n) is 4.54. The molecular weight excluding hydrogens is 846 g/mol. The van der Waals surface area contributed by atoms with Crippen LogP contribution in [0.2, 0.25) is 0 Å². The van der Waals surface area contributed by atoms with Crippen LogP contribution in [0.25, 0.3) is 0 Å². The van der Waals surface area contributed by atoms with Gasteiger partial charge in [0, 0.05) is 52.1 Å². The van der Waals surface area contributed by atoms with E-state index in [0.717, 1.165) is 0 Å². The molecule has 0 aliphatic heterocycles. The second-order valence-corrected chi connectivity index (χ2v) is 14.1. The Bertz CT molecular complexity index is 1300. The summed E-state index contributed by atoms with van der Waals surface area (Å²) in [7, 11) is 0. The van der Waals surface area contributed by atoms with Crippen LogP contribution in [0.15, 0.2) is 0 Å². The Labute approximate surface area is 356 Å². The summed E-state index contributed by atoms with van der Waals surface area (Å²) < 4.78 is 21.0. The number of halogens is 1. The molecule has 0 fully saturated rings. The first-order valence-corrected chi connectivity index (χ1v) is 21.8. The molecule has 0 saturated heterocycles. The molecule has 0 aromatic carbocycles. The van der Waals surface area contributed by atoms with Crippen molar-refractivity contribution in [3.8, 4) is 0 Å². The molecule has 0 aromatic rings. The van der Waals surface area contributed by atoms with Crippen LogP contribution in [-0.2, 0) is 62.1 Å². The Morgan fingerprint density at radius 2 is 1.00 bits per heavy atom. The van der Waals surface area contributed by atoms with Crippen molar-refractivity contribution in [1.29, 1.82) is 0 Å². The van der Waals surface area contributed by atoms with Crippen molar-refractivity contribution in [3.63, 3.8) is 0 Å². The minimum atomic E-state index is -1.33. The Balaban J connectivity index is 4.59. The number of carbonyl (C=O) groups excluding carboxylic acids is 7. The standard InChI is InChI=1S/C34H58ClN7O15S2/c1-58-22-30(47)36-7-11-42(12-8-37-31(48)23-59-2)33(51)24(4-6-32(49)50)40-28(45)20-56-17-15-54-13-9-38-26(43)5-3-25(34(52)53)41-29(46)21-57-18-16-55-14-10-39-27(44)19-35/h24-25H,3-23H2,1-2H3,(H,36,47)(H,37,48)(H,38,43)(H,39,44)(H,40,45)(H,41,46)(H,49,50)(H,52,53)/t24-,25?/m0/s1. The quantitative estimate of drug-likeness (QED) is 0.0228. The monoisotopic (exact) mass is 903 g/mol. The molecule has 7 amide bonds. The van der Waals surface area contributed by atoms with Gasteiger partial charge in [0.05, 0.1) is 51.1 Å². The highest BCUT2D eigenvalue weighted by atomic mass is 35.5. The van der Waals surface area contributed by atoms with E-state index in [1.165, 1.54) is 28.4 Å². The van der Waals surface area contributed by atoms with Crippen LogP contribution in [0.5, 0.6) is 0 Å². The second kappa shape index (κ2) is 36.0. The van der Waals surface area contributed by atoms with Crippen LogP contribution in [0.3, 0.4) is 0 Å². The molecule has 0 spiro atoms. The maximum Gasteiger partial charge on any atom is 0.326 e. The van der Waals surface area contributed by atoms with Gasteiger partial charge in [-0.1, -0.05) is 0 Å². The van der Waals surface area contributed by atoms with Crippen molar-refractivity contribution in [2.75, 3.05) is 122 Å². The van der Waals surface area contributed by atoms with Crippen LogP contribution >= 0.6 is 35.1 Å². The maximum atomic E-state index is 13.5. The van der Waals surface area contributed by atoms with Crippen molar-refractivity contribution in [2.45, 2.75) is 37.8 Å². The Kier molecular flexibility index (Phi) is 33.6.